The fourth-order valence-electron chi connectivity index (χ4n) is 7.15. The minimum absolute atomic E-state index is 0.0374. The van der Waals surface area contributed by atoms with E-state index in [-0.39, 0.29) is 29.4 Å². The smallest absolute Gasteiger partial charge is 0.410 e. The van der Waals surface area contributed by atoms with E-state index in [4.69, 9.17) is 16.3 Å². The lowest BCUT2D eigenvalue weighted by atomic mass is 9.81. The van der Waals surface area contributed by atoms with Crippen LogP contribution in [0.5, 0.6) is 0 Å². The number of rotatable bonds is 4. The molecule has 4 aliphatic rings. The van der Waals surface area contributed by atoms with Gasteiger partial charge in [0.1, 0.15) is 17.7 Å². The number of fused-ring (bicyclic) bond motifs is 1. The minimum Gasteiger partial charge on any atom is -0.444 e. The number of hydrogen-bond donors (Lipinski definition) is 1. The molecule has 9 nitrogen and oxygen atoms in total. The van der Waals surface area contributed by atoms with Crippen molar-refractivity contribution in [2.24, 2.45) is 5.41 Å². The number of aromatic nitrogens is 2. The number of amides is 2. The standard InChI is InChI=1S/C31H40ClN5O4/c1-19-17-22(38)25-23(19)27(34-18-33-25)35-13-15-36(16-14-35)28(39)24(20-5-7-21(32)8-6-20)26-31(9-10-31)11-12-37(26)29(40)41-30(2,3)4/h5-8,18-19,22,24,26,38H,9-17H2,1-4H3/t19-,22-,24+,26-/m1/s1. The first-order chi connectivity index (χ1) is 19.5. The lowest BCUT2D eigenvalue weighted by Crippen LogP contribution is -2.54. The molecule has 2 aliphatic carbocycles. The van der Waals surface area contributed by atoms with Gasteiger partial charge in [-0.05, 0) is 75.5 Å². The van der Waals surface area contributed by atoms with Gasteiger partial charge in [-0.15, -0.1) is 0 Å². The van der Waals surface area contributed by atoms with E-state index in [1.165, 1.54) is 6.33 Å². The van der Waals surface area contributed by atoms with E-state index in [2.05, 4.69) is 21.8 Å². The van der Waals surface area contributed by atoms with Gasteiger partial charge in [0.15, 0.2) is 0 Å². The number of anilines is 1. The molecule has 2 amide bonds. The summed E-state index contributed by atoms with van der Waals surface area (Å²) >= 11 is 6.25. The van der Waals surface area contributed by atoms with Gasteiger partial charge in [0.05, 0.1) is 23.8 Å². The molecule has 1 spiro atoms. The number of aliphatic hydroxyl groups is 1. The monoisotopic (exact) mass is 581 g/mol. The normalized spacial score (nSPS) is 25.8. The zero-order valence-corrected chi connectivity index (χ0v) is 25.1. The number of carbonyl (C=O) groups is 2. The van der Waals surface area contributed by atoms with Crippen LogP contribution >= 0.6 is 11.6 Å². The Bertz CT molecular complexity index is 1320. The molecule has 41 heavy (non-hydrogen) atoms. The zero-order chi connectivity index (χ0) is 29.1. The molecule has 2 saturated heterocycles. The van der Waals surface area contributed by atoms with E-state index >= 15 is 0 Å². The van der Waals surface area contributed by atoms with Crippen LogP contribution in [0.25, 0.3) is 0 Å². The van der Waals surface area contributed by atoms with Crippen LogP contribution in [0.2, 0.25) is 5.02 Å². The van der Waals surface area contributed by atoms with Gasteiger partial charge in [0.2, 0.25) is 5.91 Å². The average molecular weight is 582 g/mol. The Morgan fingerprint density at radius 2 is 1.73 bits per heavy atom. The molecule has 0 unspecified atom stereocenters. The van der Waals surface area contributed by atoms with Crippen molar-refractivity contribution in [2.45, 2.75) is 83.0 Å². The fraction of sp³-hybridized carbons (Fsp3) is 0.613. The minimum atomic E-state index is -0.619. The molecule has 6 rings (SSSR count). The second-order valence-electron chi connectivity index (χ2n) is 13.2. The van der Waals surface area contributed by atoms with Crippen LogP contribution in [0.4, 0.5) is 10.6 Å². The number of piperazine rings is 1. The molecule has 1 saturated carbocycles. The number of carbonyl (C=O) groups excluding carboxylic acids is 2. The lowest BCUT2D eigenvalue weighted by molar-refractivity contribution is -0.135. The number of hydrogen-bond acceptors (Lipinski definition) is 7. The third-order valence-corrected chi connectivity index (χ3v) is 9.57. The second kappa shape index (κ2) is 10.4. The molecule has 3 fully saturated rings. The van der Waals surface area contributed by atoms with Crippen molar-refractivity contribution in [3.8, 4) is 0 Å². The van der Waals surface area contributed by atoms with Gasteiger partial charge in [-0.2, -0.15) is 0 Å². The molecular weight excluding hydrogens is 542 g/mol. The molecule has 0 radical (unpaired) electrons. The summed E-state index contributed by atoms with van der Waals surface area (Å²) in [7, 11) is 0. The maximum absolute atomic E-state index is 14.5. The van der Waals surface area contributed by atoms with Gasteiger partial charge in [0.25, 0.3) is 0 Å². The van der Waals surface area contributed by atoms with Crippen LogP contribution in [-0.2, 0) is 9.53 Å². The van der Waals surface area contributed by atoms with Crippen LogP contribution < -0.4 is 4.90 Å². The van der Waals surface area contributed by atoms with E-state index in [1.54, 1.807) is 0 Å². The SMILES string of the molecule is C[C@@H]1C[C@@H](O)c2ncnc(N3CCN(C(=O)[C@@H](c4ccc(Cl)cc4)[C@H]4N(C(=O)OC(C)(C)C)CCC45CC5)CC3)c21. The summed E-state index contributed by atoms with van der Waals surface area (Å²) in [6.07, 6.45) is 4.17. The van der Waals surface area contributed by atoms with Gasteiger partial charge in [0, 0.05) is 43.3 Å². The Labute approximate surface area is 246 Å². The van der Waals surface area contributed by atoms with Crippen molar-refractivity contribution in [3.05, 3.63) is 52.4 Å². The summed E-state index contributed by atoms with van der Waals surface area (Å²) in [6.45, 7) is 10.7. The highest BCUT2D eigenvalue weighted by Gasteiger charge is 2.61. The summed E-state index contributed by atoms with van der Waals surface area (Å²) in [5, 5.41) is 11.1. The number of benzene rings is 1. The van der Waals surface area contributed by atoms with Crippen LogP contribution in [0.3, 0.4) is 0 Å². The summed E-state index contributed by atoms with van der Waals surface area (Å²) in [6, 6.07) is 7.25. The van der Waals surface area contributed by atoms with Gasteiger partial charge in [-0.3, -0.25) is 4.79 Å². The largest absolute Gasteiger partial charge is 0.444 e. The topological polar surface area (TPSA) is 99.1 Å². The molecule has 220 valence electrons. The summed E-state index contributed by atoms with van der Waals surface area (Å²) in [5.41, 5.74) is 1.95. The zero-order valence-electron chi connectivity index (χ0n) is 24.3. The quantitative estimate of drug-likeness (QED) is 0.549. The van der Waals surface area contributed by atoms with Crippen molar-refractivity contribution >= 4 is 29.4 Å². The molecule has 4 atom stereocenters. The molecule has 2 aliphatic heterocycles. The highest BCUT2D eigenvalue weighted by molar-refractivity contribution is 6.30. The molecule has 0 bridgehead atoms. The number of halogens is 1. The molecule has 1 aromatic heterocycles. The van der Waals surface area contributed by atoms with Crippen molar-refractivity contribution in [1.82, 2.24) is 19.8 Å². The first-order valence-corrected chi connectivity index (χ1v) is 15.2. The number of ether oxygens (including phenoxy) is 1. The summed E-state index contributed by atoms with van der Waals surface area (Å²) in [5.74, 6) is 0.579. The Morgan fingerprint density at radius 1 is 1.05 bits per heavy atom. The molecular formula is C31H40ClN5O4. The van der Waals surface area contributed by atoms with Crippen LogP contribution in [0.15, 0.2) is 30.6 Å². The van der Waals surface area contributed by atoms with E-state index < -0.39 is 17.6 Å². The maximum Gasteiger partial charge on any atom is 0.410 e. The highest BCUT2D eigenvalue weighted by Crippen LogP contribution is 2.60. The summed E-state index contributed by atoms with van der Waals surface area (Å²) in [4.78, 5) is 42.9. The predicted molar refractivity (Wildman–Crippen MR) is 156 cm³/mol. The molecule has 2 aromatic rings. The average Bonchev–Trinajstić information content (AvgIpc) is 3.53. The van der Waals surface area contributed by atoms with Gasteiger partial charge < -0.3 is 24.5 Å². The Balaban J connectivity index is 1.27. The van der Waals surface area contributed by atoms with Crippen molar-refractivity contribution in [3.63, 3.8) is 0 Å². The van der Waals surface area contributed by atoms with Crippen molar-refractivity contribution < 1.29 is 19.4 Å². The molecule has 1 N–H and O–H groups in total. The number of nitrogens with zero attached hydrogens (tertiary/aromatic N) is 5. The number of likely N-dealkylation sites (tertiary alicyclic amines) is 1. The van der Waals surface area contributed by atoms with Crippen LogP contribution in [0, 0.1) is 5.41 Å². The first-order valence-electron chi connectivity index (χ1n) is 14.8. The van der Waals surface area contributed by atoms with Gasteiger partial charge in [-0.1, -0.05) is 30.7 Å². The second-order valence-corrected chi connectivity index (χ2v) is 13.7. The Hall–Kier alpha value is -2.91. The van der Waals surface area contributed by atoms with E-state index in [9.17, 15) is 14.7 Å². The highest BCUT2D eigenvalue weighted by atomic mass is 35.5. The lowest BCUT2D eigenvalue weighted by Gasteiger charge is -2.41. The van der Waals surface area contributed by atoms with Gasteiger partial charge in [-0.25, -0.2) is 14.8 Å². The molecule has 10 heteroatoms. The summed E-state index contributed by atoms with van der Waals surface area (Å²) < 4.78 is 5.82. The van der Waals surface area contributed by atoms with Crippen LogP contribution in [-0.4, -0.2) is 81.2 Å². The fourth-order valence-corrected chi connectivity index (χ4v) is 7.27. The van der Waals surface area contributed by atoms with E-state index in [1.807, 2.05) is 54.8 Å². The third kappa shape index (κ3) is 5.27. The third-order valence-electron chi connectivity index (χ3n) is 9.31. The first kappa shape index (κ1) is 28.2. The van der Waals surface area contributed by atoms with E-state index in [0.29, 0.717) is 44.2 Å². The van der Waals surface area contributed by atoms with E-state index in [0.717, 1.165) is 41.9 Å². The Morgan fingerprint density at radius 3 is 2.37 bits per heavy atom. The molecule has 1 aromatic carbocycles. The Kier molecular flexibility index (Phi) is 7.17. The van der Waals surface area contributed by atoms with Gasteiger partial charge >= 0.3 is 6.09 Å². The maximum atomic E-state index is 14.5. The van der Waals surface area contributed by atoms with Crippen molar-refractivity contribution in [1.29, 1.82) is 0 Å². The van der Waals surface area contributed by atoms with Crippen LogP contribution in [0.1, 0.15) is 88.1 Å². The van der Waals surface area contributed by atoms with Crippen molar-refractivity contribution in [2.75, 3.05) is 37.6 Å². The predicted octanol–water partition coefficient (Wildman–Crippen LogP) is 4.89. The molecule has 3 heterocycles. The number of aliphatic hydroxyl groups excluding tert-OH is 1.